The first-order valence-corrected chi connectivity index (χ1v) is 9.67. The molecule has 6 nitrogen and oxygen atoms in total. The zero-order valence-corrected chi connectivity index (χ0v) is 17.2. The van der Waals surface area contributed by atoms with Gasteiger partial charge in [-0.3, -0.25) is 25.8 Å². The molecule has 7 heteroatoms. The van der Waals surface area contributed by atoms with E-state index in [2.05, 4.69) is 16.2 Å². The summed E-state index contributed by atoms with van der Waals surface area (Å²) in [4.78, 5) is 24.2. The van der Waals surface area contributed by atoms with Gasteiger partial charge in [-0.05, 0) is 60.1 Å². The summed E-state index contributed by atoms with van der Waals surface area (Å²) in [6, 6.07) is 24.4. The summed E-state index contributed by atoms with van der Waals surface area (Å²) in [5.74, 6) is -0.210. The normalized spacial score (nSPS) is 10.0. The van der Waals surface area contributed by atoms with Gasteiger partial charge in [-0.1, -0.05) is 54.6 Å². The van der Waals surface area contributed by atoms with Crippen LogP contribution in [0.25, 0.3) is 11.1 Å². The molecule has 152 valence electrons. The number of hydrazine groups is 1. The van der Waals surface area contributed by atoms with Gasteiger partial charge in [-0.25, -0.2) is 0 Å². The van der Waals surface area contributed by atoms with E-state index in [4.69, 9.17) is 17.0 Å². The molecule has 0 spiro atoms. The van der Waals surface area contributed by atoms with Gasteiger partial charge >= 0.3 is 0 Å². The zero-order valence-electron chi connectivity index (χ0n) is 16.3. The summed E-state index contributed by atoms with van der Waals surface area (Å²) in [6.07, 6.45) is 0. The second-order valence-corrected chi connectivity index (χ2v) is 6.91. The maximum absolute atomic E-state index is 12.3. The molecule has 0 saturated heterocycles. The Kier molecular flexibility index (Phi) is 7.13. The number of rotatable bonds is 5. The summed E-state index contributed by atoms with van der Waals surface area (Å²) in [6.45, 7) is 1.75. The maximum atomic E-state index is 12.3. The van der Waals surface area contributed by atoms with Crippen LogP contribution in [0.4, 0.5) is 0 Å². The standard InChI is InChI=1S/C23H21N3O3S/c1-16-6-5-9-20(14-16)29-15-21(27)25-26-23(30)24-22(28)19-12-10-18(11-13-19)17-7-3-2-4-8-17/h2-14H,15H2,1H3,(H,25,27)(H2,24,26,28,30). The van der Waals surface area contributed by atoms with Crippen molar-refractivity contribution in [3.05, 3.63) is 90.0 Å². The third-order valence-corrected chi connectivity index (χ3v) is 4.36. The van der Waals surface area contributed by atoms with Crippen LogP contribution in [-0.4, -0.2) is 23.5 Å². The van der Waals surface area contributed by atoms with E-state index >= 15 is 0 Å². The van der Waals surface area contributed by atoms with E-state index < -0.39 is 5.91 Å². The van der Waals surface area contributed by atoms with Crippen molar-refractivity contribution in [2.24, 2.45) is 0 Å². The monoisotopic (exact) mass is 419 g/mol. The van der Waals surface area contributed by atoms with Gasteiger partial charge in [0, 0.05) is 5.56 Å². The molecule has 0 atom stereocenters. The van der Waals surface area contributed by atoms with Gasteiger partial charge in [0.25, 0.3) is 11.8 Å². The van der Waals surface area contributed by atoms with E-state index in [1.54, 1.807) is 18.2 Å². The van der Waals surface area contributed by atoms with E-state index in [0.29, 0.717) is 11.3 Å². The summed E-state index contributed by atoms with van der Waals surface area (Å²) < 4.78 is 5.40. The number of nitrogens with one attached hydrogen (secondary N) is 3. The molecule has 0 bridgehead atoms. The van der Waals surface area contributed by atoms with Crippen LogP contribution in [0.3, 0.4) is 0 Å². The smallest absolute Gasteiger partial charge is 0.276 e. The summed E-state index contributed by atoms with van der Waals surface area (Å²) in [5, 5.41) is 2.50. The Hall–Kier alpha value is -3.71. The number of carbonyl (C=O) groups excluding carboxylic acids is 2. The largest absolute Gasteiger partial charge is 0.484 e. The molecule has 0 aliphatic rings. The first-order chi connectivity index (χ1) is 14.5. The van der Waals surface area contributed by atoms with Crippen molar-refractivity contribution in [2.75, 3.05) is 6.61 Å². The lowest BCUT2D eigenvalue weighted by Crippen LogP contribution is -2.49. The molecule has 0 aliphatic carbocycles. The van der Waals surface area contributed by atoms with Crippen LogP contribution in [0, 0.1) is 6.92 Å². The average molecular weight is 420 g/mol. The van der Waals surface area contributed by atoms with E-state index in [1.165, 1.54) is 0 Å². The summed E-state index contributed by atoms with van der Waals surface area (Å²) in [5.41, 5.74) is 8.43. The molecule has 0 fully saturated rings. The fourth-order valence-corrected chi connectivity index (χ4v) is 2.81. The number of amides is 2. The number of hydrogen-bond acceptors (Lipinski definition) is 4. The first kappa shape index (κ1) is 21.0. The van der Waals surface area contributed by atoms with Crippen LogP contribution in [-0.2, 0) is 4.79 Å². The van der Waals surface area contributed by atoms with Gasteiger partial charge in [0.1, 0.15) is 5.75 Å². The zero-order chi connectivity index (χ0) is 21.3. The van der Waals surface area contributed by atoms with Crippen LogP contribution < -0.4 is 20.9 Å². The third kappa shape index (κ3) is 6.15. The van der Waals surface area contributed by atoms with E-state index in [0.717, 1.165) is 16.7 Å². The summed E-state index contributed by atoms with van der Waals surface area (Å²) in [7, 11) is 0. The van der Waals surface area contributed by atoms with Crippen molar-refractivity contribution in [1.82, 2.24) is 16.2 Å². The summed E-state index contributed by atoms with van der Waals surface area (Å²) >= 11 is 5.05. The second kappa shape index (κ2) is 10.2. The Balaban J connectivity index is 1.44. The lowest BCUT2D eigenvalue weighted by atomic mass is 10.0. The molecular weight excluding hydrogens is 398 g/mol. The number of benzene rings is 3. The molecule has 0 heterocycles. The van der Waals surface area contributed by atoms with Gasteiger partial charge < -0.3 is 4.74 Å². The van der Waals surface area contributed by atoms with Crippen LogP contribution >= 0.6 is 12.2 Å². The molecule has 3 aromatic carbocycles. The average Bonchev–Trinajstić information content (AvgIpc) is 2.77. The van der Waals surface area contributed by atoms with Crippen molar-refractivity contribution < 1.29 is 14.3 Å². The van der Waals surface area contributed by atoms with Crippen LogP contribution in [0.1, 0.15) is 15.9 Å². The Morgan fingerprint density at radius 2 is 1.57 bits per heavy atom. The third-order valence-electron chi connectivity index (χ3n) is 4.16. The van der Waals surface area contributed by atoms with E-state index in [-0.39, 0.29) is 17.6 Å². The van der Waals surface area contributed by atoms with Gasteiger partial charge in [-0.2, -0.15) is 0 Å². The molecule has 3 rings (SSSR count). The van der Waals surface area contributed by atoms with E-state index in [1.807, 2.05) is 67.6 Å². The lowest BCUT2D eigenvalue weighted by Gasteiger charge is -2.12. The highest BCUT2D eigenvalue weighted by molar-refractivity contribution is 7.80. The lowest BCUT2D eigenvalue weighted by molar-refractivity contribution is -0.123. The van der Waals surface area contributed by atoms with Gasteiger partial charge in [0.05, 0.1) is 0 Å². The number of aryl methyl sites for hydroxylation is 1. The fourth-order valence-electron chi connectivity index (χ4n) is 2.67. The molecule has 3 aromatic rings. The maximum Gasteiger partial charge on any atom is 0.276 e. The molecule has 3 N–H and O–H groups in total. The minimum Gasteiger partial charge on any atom is -0.484 e. The molecule has 30 heavy (non-hydrogen) atoms. The highest BCUT2D eigenvalue weighted by atomic mass is 32.1. The van der Waals surface area contributed by atoms with E-state index in [9.17, 15) is 9.59 Å². The van der Waals surface area contributed by atoms with Crippen molar-refractivity contribution >= 4 is 29.1 Å². The number of carbonyl (C=O) groups is 2. The van der Waals surface area contributed by atoms with Gasteiger partial charge in [0.2, 0.25) is 0 Å². The highest BCUT2D eigenvalue weighted by Crippen LogP contribution is 2.19. The van der Waals surface area contributed by atoms with Gasteiger partial charge in [-0.15, -0.1) is 0 Å². The highest BCUT2D eigenvalue weighted by Gasteiger charge is 2.09. The van der Waals surface area contributed by atoms with Crippen molar-refractivity contribution in [3.63, 3.8) is 0 Å². The second-order valence-electron chi connectivity index (χ2n) is 6.50. The Labute approximate surface area is 180 Å². The van der Waals surface area contributed by atoms with Crippen LogP contribution in [0.5, 0.6) is 5.75 Å². The quantitative estimate of drug-likeness (QED) is 0.437. The molecule has 0 aliphatic heterocycles. The predicted molar refractivity (Wildman–Crippen MR) is 120 cm³/mol. The minimum absolute atomic E-state index is 0.0176. The van der Waals surface area contributed by atoms with Crippen LogP contribution in [0.2, 0.25) is 0 Å². The first-order valence-electron chi connectivity index (χ1n) is 9.26. The van der Waals surface area contributed by atoms with Crippen molar-refractivity contribution in [3.8, 4) is 16.9 Å². The molecule has 0 aromatic heterocycles. The Morgan fingerprint density at radius 3 is 2.27 bits per heavy atom. The Morgan fingerprint density at radius 1 is 0.867 bits per heavy atom. The van der Waals surface area contributed by atoms with Crippen molar-refractivity contribution in [1.29, 1.82) is 0 Å². The Bertz CT molecular complexity index is 1040. The van der Waals surface area contributed by atoms with Gasteiger partial charge in [0.15, 0.2) is 11.7 Å². The molecule has 0 unspecified atom stereocenters. The molecule has 0 radical (unpaired) electrons. The predicted octanol–water partition coefficient (Wildman–Crippen LogP) is 3.38. The molecule has 2 amide bonds. The number of ether oxygens (including phenoxy) is 1. The SMILES string of the molecule is Cc1cccc(OCC(=O)NNC(=S)NC(=O)c2ccc(-c3ccccc3)cc2)c1. The number of thiocarbonyl (C=S) groups is 1. The topological polar surface area (TPSA) is 79.5 Å². The minimum atomic E-state index is -0.430. The molecular formula is C23H21N3O3S. The van der Waals surface area contributed by atoms with Crippen molar-refractivity contribution in [2.45, 2.75) is 6.92 Å². The molecule has 0 saturated carbocycles. The number of hydrogen-bond donors (Lipinski definition) is 3. The van der Waals surface area contributed by atoms with Crippen LogP contribution in [0.15, 0.2) is 78.9 Å². The fraction of sp³-hybridized carbons (Fsp3) is 0.0870.